The number of methoxy groups -OCH3 is 1. The maximum atomic E-state index is 5.50. The molecule has 1 aromatic carbocycles. The van der Waals surface area contributed by atoms with E-state index in [1.54, 1.807) is 18.4 Å². The molecule has 8 heteroatoms. The molecule has 0 radical (unpaired) electrons. The predicted octanol–water partition coefficient (Wildman–Crippen LogP) is 3.96. The smallest absolute Gasteiger partial charge is 0.192 e. The third kappa shape index (κ3) is 6.84. The topological polar surface area (TPSA) is 61.8 Å². The van der Waals surface area contributed by atoms with Gasteiger partial charge in [-0.05, 0) is 26.8 Å². The Morgan fingerprint density at radius 3 is 2.70 bits per heavy atom. The van der Waals surface area contributed by atoms with Gasteiger partial charge >= 0.3 is 0 Å². The Labute approximate surface area is 183 Å². The summed E-state index contributed by atoms with van der Waals surface area (Å²) in [4.78, 5) is 11.3. The number of nitrogens with zero attached hydrogens (tertiary/aromatic N) is 3. The number of rotatable bonds is 7. The van der Waals surface area contributed by atoms with E-state index in [-0.39, 0.29) is 30.0 Å². The zero-order valence-corrected chi connectivity index (χ0v) is 20.0. The molecule has 2 aromatic rings. The first kappa shape index (κ1) is 23.5. The molecule has 0 saturated heterocycles. The third-order valence-electron chi connectivity index (χ3n) is 3.87. The van der Waals surface area contributed by atoms with Crippen LogP contribution in [0.5, 0.6) is 5.75 Å². The van der Waals surface area contributed by atoms with E-state index in [9.17, 15) is 0 Å². The first-order valence-electron chi connectivity index (χ1n) is 8.75. The number of guanidine groups is 1. The van der Waals surface area contributed by atoms with E-state index in [1.807, 2.05) is 25.1 Å². The fraction of sp³-hybridized carbons (Fsp3) is 0.474. The van der Waals surface area contributed by atoms with Crippen molar-refractivity contribution in [2.75, 3.05) is 32.6 Å². The van der Waals surface area contributed by atoms with Gasteiger partial charge in [-0.15, -0.1) is 35.3 Å². The number of hydrogen-bond donors (Lipinski definition) is 2. The molecule has 0 amide bonds. The van der Waals surface area contributed by atoms with Crippen LogP contribution >= 0.6 is 35.3 Å². The Morgan fingerprint density at radius 1 is 1.37 bits per heavy atom. The second-order valence-corrected chi connectivity index (χ2v) is 7.16. The molecule has 150 valence electrons. The van der Waals surface area contributed by atoms with Gasteiger partial charge in [-0.25, -0.2) is 9.98 Å². The normalized spacial score (nSPS) is 12.1. The molecule has 0 saturated carbocycles. The van der Waals surface area contributed by atoms with E-state index < -0.39 is 0 Å². The highest BCUT2D eigenvalue weighted by atomic mass is 127. The van der Waals surface area contributed by atoms with Gasteiger partial charge < -0.3 is 20.3 Å². The predicted molar refractivity (Wildman–Crippen MR) is 126 cm³/mol. The van der Waals surface area contributed by atoms with Crippen molar-refractivity contribution in [2.24, 2.45) is 4.99 Å². The van der Waals surface area contributed by atoms with Crippen LogP contribution in [0.2, 0.25) is 0 Å². The van der Waals surface area contributed by atoms with Gasteiger partial charge in [-0.2, -0.15) is 0 Å². The first-order valence-corrected chi connectivity index (χ1v) is 9.63. The van der Waals surface area contributed by atoms with Crippen LogP contribution in [-0.4, -0.2) is 38.7 Å². The van der Waals surface area contributed by atoms with Crippen molar-refractivity contribution in [3.8, 4) is 5.75 Å². The largest absolute Gasteiger partial charge is 0.496 e. The lowest BCUT2D eigenvalue weighted by Gasteiger charge is -2.20. The number of nitrogens with one attached hydrogen (secondary N) is 2. The Balaban J connectivity index is 0.00000364. The SMILES string of the molecule is CCNC(=NCc1csc(N(C)C)n1)NC(C)c1cc(C)ccc1OC.I. The number of benzene rings is 1. The summed E-state index contributed by atoms with van der Waals surface area (Å²) in [5, 5.41) is 9.80. The van der Waals surface area contributed by atoms with E-state index in [0.717, 1.165) is 34.6 Å². The van der Waals surface area contributed by atoms with Gasteiger partial charge in [-0.3, -0.25) is 0 Å². The summed E-state index contributed by atoms with van der Waals surface area (Å²) in [6.45, 7) is 7.58. The molecule has 1 heterocycles. The lowest BCUT2D eigenvalue weighted by molar-refractivity contribution is 0.405. The lowest BCUT2D eigenvalue weighted by atomic mass is 10.0. The molecule has 0 fully saturated rings. The second-order valence-electron chi connectivity index (χ2n) is 6.32. The monoisotopic (exact) mass is 503 g/mol. The number of aromatic nitrogens is 1. The maximum absolute atomic E-state index is 5.50. The summed E-state index contributed by atoms with van der Waals surface area (Å²) < 4.78 is 5.50. The molecule has 2 rings (SSSR count). The highest BCUT2D eigenvalue weighted by Gasteiger charge is 2.13. The molecular weight excluding hydrogens is 473 g/mol. The molecule has 1 unspecified atom stereocenters. The van der Waals surface area contributed by atoms with Crippen LogP contribution in [0.1, 0.15) is 36.7 Å². The average Bonchev–Trinajstić information content (AvgIpc) is 3.09. The fourth-order valence-electron chi connectivity index (χ4n) is 2.53. The summed E-state index contributed by atoms with van der Waals surface area (Å²) in [7, 11) is 5.69. The van der Waals surface area contributed by atoms with Crippen LogP contribution in [0, 0.1) is 6.92 Å². The molecule has 0 spiro atoms. The molecule has 6 nitrogen and oxygen atoms in total. The van der Waals surface area contributed by atoms with Gasteiger partial charge in [0.25, 0.3) is 0 Å². The number of thiazole rings is 1. The minimum absolute atomic E-state index is 0. The van der Waals surface area contributed by atoms with Crippen LogP contribution in [0.3, 0.4) is 0 Å². The first-order chi connectivity index (χ1) is 12.4. The molecule has 0 aliphatic rings. The quantitative estimate of drug-likeness (QED) is 0.340. The number of ether oxygens (including phenoxy) is 1. The van der Waals surface area contributed by atoms with Crippen molar-refractivity contribution in [3.05, 3.63) is 40.4 Å². The van der Waals surface area contributed by atoms with Crippen LogP contribution in [0.15, 0.2) is 28.6 Å². The molecule has 1 aromatic heterocycles. The summed E-state index contributed by atoms with van der Waals surface area (Å²) in [5.41, 5.74) is 3.29. The van der Waals surface area contributed by atoms with Gasteiger partial charge in [-0.1, -0.05) is 17.7 Å². The molecule has 0 aliphatic heterocycles. The summed E-state index contributed by atoms with van der Waals surface area (Å²) >= 11 is 1.63. The van der Waals surface area contributed by atoms with Crippen LogP contribution in [0.4, 0.5) is 5.13 Å². The van der Waals surface area contributed by atoms with Gasteiger partial charge in [0, 0.05) is 31.6 Å². The van der Waals surface area contributed by atoms with E-state index in [2.05, 4.69) is 58.9 Å². The van der Waals surface area contributed by atoms with Crippen molar-refractivity contribution in [1.29, 1.82) is 0 Å². The molecule has 1 atom stereocenters. The number of halogens is 1. The minimum Gasteiger partial charge on any atom is -0.496 e. The van der Waals surface area contributed by atoms with Crippen molar-refractivity contribution in [3.63, 3.8) is 0 Å². The summed E-state index contributed by atoms with van der Waals surface area (Å²) in [5.74, 6) is 1.64. The zero-order chi connectivity index (χ0) is 19.1. The van der Waals surface area contributed by atoms with Crippen molar-refractivity contribution in [1.82, 2.24) is 15.6 Å². The standard InChI is InChI=1S/C19H29N5OS.HI/c1-7-20-18(21-11-15-12-26-19(23-15)24(4)5)22-14(3)16-10-13(2)8-9-17(16)25-6;/h8-10,12,14H,7,11H2,1-6H3,(H2,20,21,22);1H. The Kier molecular flexibility index (Phi) is 9.86. The van der Waals surface area contributed by atoms with Gasteiger partial charge in [0.15, 0.2) is 11.1 Å². The Bertz CT molecular complexity index is 747. The number of hydrogen-bond acceptors (Lipinski definition) is 5. The fourth-order valence-corrected chi connectivity index (χ4v) is 3.28. The maximum Gasteiger partial charge on any atom is 0.192 e. The number of aliphatic imine (C=N–C) groups is 1. The van der Waals surface area contributed by atoms with E-state index in [4.69, 9.17) is 4.74 Å². The zero-order valence-electron chi connectivity index (χ0n) is 16.9. The van der Waals surface area contributed by atoms with E-state index in [1.165, 1.54) is 5.56 Å². The second kappa shape index (κ2) is 11.3. The highest BCUT2D eigenvalue weighted by Crippen LogP contribution is 2.26. The van der Waals surface area contributed by atoms with Crippen LogP contribution in [-0.2, 0) is 6.54 Å². The van der Waals surface area contributed by atoms with E-state index in [0.29, 0.717) is 6.54 Å². The van der Waals surface area contributed by atoms with Gasteiger partial charge in [0.1, 0.15) is 5.75 Å². The van der Waals surface area contributed by atoms with Crippen molar-refractivity contribution in [2.45, 2.75) is 33.4 Å². The minimum atomic E-state index is 0. The van der Waals surface area contributed by atoms with Crippen LogP contribution in [0.25, 0.3) is 0 Å². The summed E-state index contributed by atoms with van der Waals surface area (Å²) in [6, 6.07) is 6.27. The molecule has 27 heavy (non-hydrogen) atoms. The molecule has 0 bridgehead atoms. The van der Waals surface area contributed by atoms with Crippen molar-refractivity contribution < 1.29 is 4.74 Å². The highest BCUT2D eigenvalue weighted by molar-refractivity contribution is 14.0. The molecule has 2 N–H and O–H groups in total. The van der Waals surface area contributed by atoms with Crippen molar-refractivity contribution >= 4 is 46.4 Å². The average molecular weight is 503 g/mol. The molecule has 0 aliphatic carbocycles. The van der Waals surface area contributed by atoms with Crippen LogP contribution < -0.4 is 20.3 Å². The Hall–Kier alpha value is -1.55. The summed E-state index contributed by atoms with van der Waals surface area (Å²) in [6.07, 6.45) is 0. The number of anilines is 1. The Morgan fingerprint density at radius 2 is 2.11 bits per heavy atom. The third-order valence-corrected chi connectivity index (χ3v) is 4.93. The van der Waals surface area contributed by atoms with Gasteiger partial charge in [0.05, 0.1) is 25.4 Å². The molecular formula is C19H30IN5OS. The van der Waals surface area contributed by atoms with Gasteiger partial charge in [0.2, 0.25) is 0 Å². The number of aryl methyl sites for hydroxylation is 1. The van der Waals surface area contributed by atoms with E-state index >= 15 is 0 Å². The lowest BCUT2D eigenvalue weighted by Crippen LogP contribution is -2.38.